The molecule has 1 atom stereocenters. The molecule has 6 heteroatoms. The van der Waals surface area contributed by atoms with Crippen LogP contribution in [0.5, 0.6) is 0 Å². The zero-order valence-electron chi connectivity index (χ0n) is 8.77. The van der Waals surface area contributed by atoms with Gasteiger partial charge in [0.2, 0.25) is 5.91 Å². The van der Waals surface area contributed by atoms with Gasteiger partial charge in [0.15, 0.2) is 0 Å². The van der Waals surface area contributed by atoms with Crippen LogP contribution in [0.1, 0.15) is 13.8 Å². The Morgan fingerprint density at radius 2 is 2.13 bits per heavy atom. The van der Waals surface area contributed by atoms with Crippen LogP contribution in [0.2, 0.25) is 0 Å². The summed E-state index contributed by atoms with van der Waals surface area (Å²) in [7, 11) is 0. The van der Waals surface area contributed by atoms with Gasteiger partial charge >= 0.3 is 12.0 Å². The first-order chi connectivity index (χ1) is 6.97. The summed E-state index contributed by atoms with van der Waals surface area (Å²) < 4.78 is 0. The monoisotopic (exact) mass is 214 g/mol. The zero-order valence-corrected chi connectivity index (χ0v) is 8.77. The van der Waals surface area contributed by atoms with Crippen LogP contribution in [0.15, 0.2) is 0 Å². The number of urea groups is 1. The summed E-state index contributed by atoms with van der Waals surface area (Å²) in [5.74, 6) is -2.06. The molecule has 1 fully saturated rings. The Kier molecular flexibility index (Phi) is 3.28. The van der Waals surface area contributed by atoms with Gasteiger partial charge in [0.1, 0.15) is 6.54 Å². The largest absolute Gasteiger partial charge is 0.481 e. The minimum absolute atomic E-state index is 0.0521. The van der Waals surface area contributed by atoms with Crippen LogP contribution >= 0.6 is 0 Å². The first-order valence-electron chi connectivity index (χ1n) is 4.79. The van der Waals surface area contributed by atoms with Crippen molar-refractivity contribution in [1.82, 2.24) is 9.80 Å². The highest BCUT2D eigenvalue weighted by atomic mass is 16.4. The van der Waals surface area contributed by atoms with Crippen LogP contribution in [0, 0.1) is 5.92 Å². The molecule has 1 aliphatic rings. The van der Waals surface area contributed by atoms with E-state index < -0.39 is 17.9 Å². The van der Waals surface area contributed by atoms with Crippen molar-refractivity contribution >= 4 is 17.9 Å². The fraction of sp³-hybridized carbons (Fsp3) is 0.667. The third kappa shape index (κ3) is 2.26. The lowest BCUT2D eigenvalue weighted by atomic mass is 10.2. The highest BCUT2D eigenvalue weighted by molar-refractivity contribution is 6.02. The van der Waals surface area contributed by atoms with E-state index in [1.54, 1.807) is 6.92 Å². The van der Waals surface area contributed by atoms with E-state index in [4.69, 9.17) is 5.11 Å². The Bertz CT molecular complexity index is 302. The van der Waals surface area contributed by atoms with E-state index in [1.807, 2.05) is 0 Å². The maximum absolute atomic E-state index is 11.5. The van der Waals surface area contributed by atoms with E-state index in [0.29, 0.717) is 6.54 Å². The second-order valence-corrected chi connectivity index (χ2v) is 3.54. The fourth-order valence-corrected chi connectivity index (χ4v) is 1.37. The quantitative estimate of drug-likeness (QED) is 0.668. The molecule has 6 nitrogen and oxygen atoms in total. The molecule has 1 unspecified atom stereocenters. The van der Waals surface area contributed by atoms with Crippen LogP contribution in [0.25, 0.3) is 0 Å². The molecule has 0 bridgehead atoms. The summed E-state index contributed by atoms with van der Waals surface area (Å²) in [6.07, 6.45) is 0. The highest BCUT2D eigenvalue weighted by Crippen LogP contribution is 2.12. The molecule has 0 radical (unpaired) electrons. The van der Waals surface area contributed by atoms with Gasteiger partial charge in [-0.1, -0.05) is 6.92 Å². The lowest BCUT2D eigenvalue weighted by Gasteiger charge is -2.17. The Hall–Kier alpha value is -1.59. The number of rotatable bonds is 4. The van der Waals surface area contributed by atoms with E-state index >= 15 is 0 Å². The summed E-state index contributed by atoms with van der Waals surface area (Å²) >= 11 is 0. The summed E-state index contributed by atoms with van der Waals surface area (Å²) in [6, 6.07) is -0.393. The molecule has 0 spiro atoms. The van der Waals surface area contributed by atoms with Gasteiger partial charge in [-0.15, -0.1) is 0 Å². The topological polar surface area (TPSA) is 77.9 Å². The van der Waals surface area contributed by atoms with E-state index in [9.17, 15) is 14.4 Å². The number of nitrogens with zero attached hydrogens (tertiary/aromatic N) is 2. The lowest BCUT2D eigenvalue weighted by molar-refractivity contribution is -0.141. The van der Waals surface area contributed by atoms with Crippen molar-refractivity contribution in [2.24, 2.45) is 5.92 Å². The zero-order chi connectivity index (χ0) is 11.6. The molecule has 1 N–H and O–H groups in total. The first kappa shape index (κ1) is 11.5. The maximum Gasteiger partial charge on any atom is 0.327 e. The minimum Gasteiger partial charge on any atom is -0.481 e. The number of imide groups is 1. The van der Waals surface area contributed by atoms with Gasteiger partial charge in [-0.25, -0.2) is 4.79 Å². The summed E-state index contributed by atoms with van der Waals surface area (Å²) in [4.78, 5) is 35.9. The average molecular weight is 214 g/mol. The number of likely N-dealkylation sites (N-methyl/N-ethyl adjacent to an activating group) is 1. The molecule has 1 aliphatic heterocycles. The predicted octanol–water partition coefficient (Wildman–Crippen LogP) is -0.00880. The molecule has 1 heterocycles. The van der Waals surface area contributed by atoms with Crippen LogP contribution in [-0.4, -0.2) is 52.4 Å². The number of aliphatic carboxylic acids is 1. The number of amides is 3. The maximum atomic E-state index is 11.5. The van der Waals surface area contributed by atoms with Crippen molar-refractivity contribution < 1.29 is 19.5 Å². The Labute approximate surface area is 87.5 Å². The van der Waals surface area contributed by atoms with Crippen molar-refractivity contribution in [3.63, 3.8) is 0 Å². The SMILES string of the molecule is CCN1CC(=O)N(CC(C)C(=O)O)C1=O. The number of hydrogen-bond donors (Lipinski definition) is 1. The lowest BCUT2D eigenvalue weighted by Crippen LogP contribution is -2.37. The third-order valence-electron chi connectivity index (χ3n) is 2.39. The van der Waals surface area contributed by atoms with Crippen LogP contribution in [-0.2, 0) is 9.59 Å². The fourth-order valence-electron chi connectivity index (χ4n) is 1.37. The van der Waals surface area contributed by atoms with Gasteiger partial charge in [-0.2, -0.15) is 0 Å². The molecule has 0 aromatic rings. The Morgan fingerprint density at radius 1 is 1.53 bits per heavy atom. The van der Waals surface area contributed by atoms with Crippen molar-refractivity contribution in [3.05, 3.63) is 0 Å². The number of carboxylic acids is 1. The first-order valence-corrected chi connectivity index (χ1v) is 4.79. The molecule has 1 rings (SSSR count). The standard InChI is InChI=1S/C9H14N2O4/c1-3-10-5-7(12)11(9(10)15)4-6(2)8(13)14/h6H,3-5H2,1-2H3,(H,13,14). The molecular formula is C9H14N2O4. The Balaban J connectivity index is 2.66. The van der Waals surface area contributed by atoms with E-state index in [0.717, 1.165) is 4.90 Å². The second-order valence-electron chi connectivity index (χ2n) is 3.54. The number of carbonyl (C=O) groups excluding carboxylic acids is 2. The summed E-state index contributed by atoms with van der Waals surface area (Å²) in [5.41, 5.74) is 0. The highest BCUT2D eigenvalue weighted by Gasteiger charge is 2.36. The molecule has 3 amide bonds. The smallest absolute Gasteiger partial charge is 0.327 e. The molecule has 15 heavy (non-hydrogen) atoms. The van der Waals surface area contributed by atoms with Crippen LogP contribution in [0.3, 0.4) is 0 Å². The molecule has 84 valence electrons. The molecule has 0 aliphatic carbocycles. The van der Waals surface area contributed by atoms with Crippen molar-refractivity contribution in [2.45, 2.75) is 13.8 Å². The van der Waals surface area contributed by atoms with Crippen molar-refractivity contribution in [1.29, 1.82) is 0 Å². The molecular weight excluding hydrogens is 200 g/mol. The number of hydrogen-bond acceptors (Lipinski definition) is 3. The number of carboxylic acid groups (broad SMARTS) is 1. The normalized spacial score (nSPS) is 18.5. The van der Waals surface area contributed by atoms with Crippen molar-refractivity contribution in [3.8, 4) is 0 Å². The molecule has 0 saturated carbocycles. The summed E-state index contributed by atoms with van der Waals surface area (Å²) in [6.45, 7) is 3.71. The molecule has 0 aromatic heterocycles. The predicted molar refractivity (Wildman–Crippen MR) is 51.2 cm³/mol. The molecule has 0 aromatic carbocycles. The van der Waals surface area contributed by atoms with E-state index in [1.165, 1.54) is 11.8 Å². The average Bonchev–Trinajstić information content (AvgIpc) is 2.44. The molecule has 1 saturated heterocycles. The van der Waals surface area contributed by atoms with Crippen LogP contribution < -0.4 is 0 Å². The second kappa shape index (κ2) is 4.29. The van der Waals surface area contributed by atoms with Gasteiger partial charge in [0.05, 0.1) is 5.92 Å². The minimum atomic E-state index is -1.01. The van der Waals surface area contributed by atoms with E-state index in [-0.39, 0.29) is 19.0 Å². The van der Waals surface area contributed by atoms with Crippen molar-refractivity contribution in [2.75, 3.05) is 19.6 Å². The van der Waals surface area contributed by atoms with Gasteiger partial charge in [0, 0.05) is 13.1 Å². The third-order valence-corrected chi connectivity index (χ3v) is 2.39. The van der Waals surface area contributed by atoms with E-state index in [2.05, 4.69) is 0 Å². The Morgan fingerprint density at radius 3 is 2.53 bits per heavy atom. The van der Waals surface area contributed by atoms with Gasteiger partial charge in [-0.3, -0.25) is 14.5 Å². The number of carbonyl (C=O) groups is 3. The van der Waals surface area contributed by atoms with Gasteiger partial charge in [0.25, 0.3) is 0 Å². The van der Waals surface area contributed by atoms with Crippen LogP contribution in [0.4, 0.5) is 4.79 Å². The van der Waals surface area contributed by atoms with Gasteiger partial charge < -0.3 is 10.0 Å². The summed E-state index contributed by atoms with van der Waals surface area (Å²) in [5, 5.41) is 8.68. The van der Waals surface area contributed by atoms with Gasteiger partial charge in [-0.05, 0) is 6.92 Å².